The van der Waals surface area contributed by atoms with Crippen molar-refractivity contribution < 1.29 is 38.7 Å². The zero-order chi connectivity index (χ0) is 25.2. The van der Waals surface area contributed by atoms with Gasteiger partial charge in [0.2, 0.25) is 11.8 Å². The van der Waals surface area contributed by atoms with Crippen LogP contribution in [0.15, 0.2) is 12.3 Å². The number of fused-ring (bicyclic) bond motifs is 1. The minimum absolute atomic E-state index is 0.0432. The number of hydrogen-bond acceptors (Lipinski definition) is 8. The maximum absolute atomic E-state index is 12.9. The van der Waals surface area contributed by atoms with Crippen LogP contribution in [0.2, 0.25) is 0 Å². The molecule has 0 aromatic carbocycles. The second kappa shape index (κ2) is 9.98. The SMILES string of the molecule is C=C1NC(=O)C(C)N(O)C(=O)C(CC(N)=O)N(C)C(=O)C(C)OC(=O)C2CC(C)CN2C1=O. The summed E-state index contributed by atoms with van der Waals surface area (Å²) in [4.78, 5) is 77.4. The summed E-state index contributed by atoms with van der Waals surface area (Å²) < 4.78 is 5.27. The fourth-order valence-electron chi connectivity index (χ4n) is 3.75. The minimum Gasteiger partial charge on any atom is -0.451 e. The van der Waals surface area contributed by atoms with Gasteiger partial charge in [0, 0.05) is 13.6 Å². The van der Waals surface area contributed by atoms with E-state index in [-0.39, 0.29) is 29.6 Å². The van der Waals surface area contributed by atoms with Gasteiger partial charge in [-0.1, -0.05) is 13.5 Å². The number of carbonyl (C=O) groups is 6. The molecular formula is C20H29N5O8. The Hall–Kier alpha value is -3.48. The van der Waals surface area contributed by atoms with Crippen molar-refractivity contribution in [3.8, 4) is 0 Å². The van der Waals surface area contributed by atoms with Gasteiger partial charge in [-0.3, -0.25) is 29.2 Å². The maximum atomic E-state index is 12.9. The molecule has 2 aliphatic heterocycles. The zero-order valence-corrected chi connectivity index (χ0v) is 18.9. The second-order valence-corrected chi connectivity index (χ2v) is 8.36. The molecule has 13 nitrogen and oxygen atoms in total. The Balaban J connectivity index is 2.48. The number of amides is 5. The Kier molecular flexibility index (Phi) is 7.80. The molecule has 0 radical (unpaired) electrons. The third kappa shape index (κ3) is 5.48. The van der Waals surface area contributed by atoms with Gasteiger partial charge in [-0.25, -0.2) is 9.86 Å². The van der Waals surface area contributed by atoms with Crippen LogP contribution >= 0.6 is 0 Å². The van der Waals surface area contributed by atoms with Gasteiger partial charge in [0.15, 0.2) is 6.10 Å². The fourth-order valence-corrected chi connectivity index (χ4v) is 3.75. The fraction of sp³-hybridized carbons (Fsp3) is 0.600. The van der Waals surface area contributed by atoms with E-state index in [0.717, 1.165) is 4.90 Å². The van der Waals surface area contributed by atoms with E-state index in [1.807, 2.05) is 6.92 Å². The number of primary amides is 1. The van der Waals surface area contributed by atoms with Crippen molar-refractivity contribution >= 4 is 35.5 Å². The Labute approximate surface area is 190 Å². The first-order valence-electron chi connectivity index (χ1n) is 10.3. The van der Waals surface area contributed by atoms with Crippen molar-refractivity contribution in [2.75, 3.05) is 13.6 Å². The molecule has 5 amide bonds. The molecule has 0 saturated carbocycles. The summed E-state index contributed by atoms with van der Waals surface area (Å²) in [6.45, 7) is 7.99. The number of likely N-dealkylation sites (N-methyl/N-ethyl adjacent to an activating group) is 1. The summed E-state index contributed by atoms with van der Waals surface area (Å²) in [6.07, 6.45) is -1.77. The molecule has 5 atom stereocenters. The molecule has 13 heteroatoms. The normalized spacial score (nSPS) is 30.5. The largest absolute Gasteiger partial charge is 0.451 e. The average molecular weight is 467 g/mol. The molecule has 2 aliphatic rings. The highest BCUT2D eigenvalue weighted by molar-refractivity contribution is 6.01. The molecule has 4 N–H and O–H groups in total. The number of rotatable bonds is 2. The van der Waals surface area contributed by atoms with E-state index in [1.54, 1.807) is 0 Å². The number of esters is 1. The van der Waals surface area contributed by atoms with E-state index < -0.39 is 66.2 Å². The summed E-state index contributed by atoms with van der Waals surface area (Å²) in [5.41, 5.74) is 4.82. The predicted molar refractivity (Wildman–Crippen MR) is 111 cm³/mol. The van der Waals surface area contributed by atoms with Gasteiger partial charge in [0.1, 0.15) is 18.1 Å². The van der Waals surface area contributed by atoms with Crippen LogP contribution in [0.1, 0.15) is 33.6 Å². The van der Waals surface area contributed by atoms with Crippen molar-refractivity contribution in [2.45, 2.75) is 57.8 Å². The van der Waals surface area contributed by atoms with E-state index in [2.05, 4.69) is 11.9 Å². The lowest BCUT2D eigenvalue weighted by molar-refractivity contribution is -0.185. The van der Waals surface area contributed by atoms with Gasteiger partial charge < -0.3 is 25.6 Å². The summed E-state index contributed by atoms with van der Waals surface area (Å²) >= 11 is 0. The van der Waals surface area contributed by atoms with Crippen LogP contribution in [0.4, 0.5) is 0 Å². The van der Waals surface area contributed by atoms with Crippen molar-refractivity contribution in [2.24, 2.45) is 11.7 Å². The quantitative estimate of drug-likeness (QED) is 0.239. The van der Waals surface area contributed by atoms with Crippen molar-refractivity contribution in [1.29, 1.82) is 0 Å². The summed E-state index contributed by atoms with van der Waals surface area (Å²) in [5.74, 6) is -5.57. The Morgan fingerprint density at radius 3 is 2.36 bits per heavy atom. The molecule has 0 aromatic heterocycles. The number of ether oxygens (including phenoxy) is 1. The molecule has 2 rings (SSSR count). The van der Waals surface area contributed by atoms with Crippen LogP contribution in [0.25, 0.3) is 0 Å². The average Bonchev–Trinajstić information content (AvgIpc) is 3.15. The topological polar surface area (TPSA) is 180 Å². The smallest absolute Gasteiger partial charge is 0.329 e. The van der Waals surface area contributed by atoms with E-state index in [9.17, 15) is 34.0 Å². The molecular weight excluding hydrogens is 438 g/mol. The standard InChI is InChI=1S/C20H29N5O8/c1-9-6-14-20(31)33-12(4)18(29)23(5)13(7-15(21)26)19(30)25(32)11(3)16(27)22-10(2)17(28)24(14)8-9/h9,11-14,32H,2,6-8H2,1,3-5H3,(H2,21,26)(H,22,27). The maximum Gasteiger partial charge on any atom is 0.329 e. The first-order chi connectivity index (χ1) is 15.3. The lowest BCUT2D eigenvalue weighted by Crippen LogP contribution is -2.56. The van der Waals surface area contributed by atoms with Crippen molar-refractivity contribution in [1.82, 2.24) is 20.2 Å². The zero-order valence-electron chi connectivity index (χ0n) is 18.9. The van der Waals surface area contributed by atoms with Gasteiger partial charge in [0.05, 0.1) is 12.1 Å². The van der Waals surface area contributed by atoms with Gasteiger partial charge in [0.25, 0.3) is 17.7 Å². The molecule has 0 spiro atoms. The lowest BCUT2D eigenvalue weighted by atomic mass is 10.1. The van der Waals surface area contributed by atoms with E-state index in [1.165, 1.54) is 25.8 Å². The minimum atomic E-state index is -1.57. The molecule has 2 heterocycles. The Morgan fingerprint density at radius 1 is 1.18 bits per heavy atom. The highest BCUT2D eigenvalue weighted by Crippen LogP contribution is 2.26. The van der Waals surface area contributed by atoms with Gasteiger partial charge in [-0.2, -0.15) is 0 Å². The molecule has 0 aliphatic carbocycles. The van der Waals surface area contributed by atoms with Crippen LogP contribution in [-0.4, -0.2) is 93.4 Å². The van der Waals surface area contributed by atoms with Gasteiger partial charge in [-0.05, 0) is 26.2 Å². The number of nitrogens with two attached hydrogens (primary N) is 1. The van der Waals surface area contributed by atoms with E-state index >= 15 is 0 Å². The number of cyclic esters (lactones) is 1. The van der Waals surface area contributed by atoms with Crippen molar-refractivity contribution in [3.05, 3.63) is 12.3 Å². The first kappa shape index (κ1) is 25.8. The number of carbonyl (C=O) groups excluding carboxylic acids is 6. The third-order valence-corrected chi connectivity index (χ3v) is 5.68. The third-order valence-electron chi connectivity index (χ3n) is 5.68. The monoisotopic (exact) mass is 467 g/mol. The van der Waals surface area contributed by atoms with Gasteiger partial charge >= 0.3 is 5.97 Å². The Bertz CT molecular complexity index is 890. The van der Waals surface area contributed by atoms with Crippen molar-refractivity contribution in [3.63, 3.8) is 0 Å². The summed E-state index contributed by atoms with van der Waals surface area (Å²) in [6, 6.07) is -4.11. The highest BCUT2D eigenvalue weighted by atomic mass is 16.6. The second-order valence-electron chi connectivity index (χ2n) is 8.36. The number of nitrogens with zero attached hydrogens (tertiary/aromatic N) is 3. The van der Waals surface area contributed by atoms with Gasteiger partial charge in [-0.15, -0.1) is 0 Å². The molecule has 2 fully saturated rings. The van der Waals surface area contributed by atoms with E-state index in [0.29, 0.717) is 0 Å². The van der Waals surface area contributed by atoms with Crippen LogP contribution in [0.5, 0.6) is 0 Å². The molecule has 0 aromatic rings. The van der Waals surface area contributed by atoms with Crippen LogP contribution in [0, 0.1) is 5.92 Å². The van der Waals surface area contributed by atoms with Crippen LogP contribution in [-0.2, 0) is 33.5 Å². The lowest BCUT2D eigenvalue weighted by Gasteiger charge is -2.32. The van der Waals surface area contributed by atoms with E-state index in [4.69, 9.17) is 10.5 Å². The van der Waals surface area contributed by atoms with Crippen LogP contribution < -0.4 is 11.1 Å². The van der Waals surface area contributed by atoms with Crippen LogP contribution in [0.3, 0.4) is 0 Å². The molecule has 0 bridgehead atoms. The Morgan fingerprint density at radius 2 is 1.79 bits per heavy atom. The molecule has 33 heavy (non-hydrogen) atoms. The highest BCUT2D eigenvalue weighted by Gasteiger charge is 2.43. The summed E-state index contributed by atoms with van der Waals surface area (Å²) in [7, 11) is 1.17. The number of hydroxylamine groups is 2. The predicted octanol–water partition coefficient (Wildman–Crippen LogP) is -1.89. The molecule has 182 valence electrons. The molecule has 5 unspecified atom stereocenters. The first-order valence-corrected chi connectivity index (χ1v) is 10.3. The molecule has 2 saturated heterocycles. The number of nitrogens with one attached hydrogen (secondary N) is 1. The number of hydrogen-bond donors (Lipinski definition) is 3. The summed E-state index contributed by atoms with van der Waals surface area (Å²) in [5, 5.41) is 12.6.